The third-order valence-corrected chi connectivity index (χ3v) is 12.6. The van der Waals surface area contributed by atoms with Gasteiger partial charge in [-0.25, -0.2) is 0 Å². The van der Waals surface area contributed by atoms with Crippen molar-refractivity contribution in [1.82, 2.24) is 0 Å². The fraction of sp³-hybridized carbons (Fsp3) is 1.00. The molecule has 0 heteroatoms. The van der Waals surface area contributed by atoms with Crippen molar-refractivity contribution in [3.05, 3.63) is 0 Å². The van der Waals surface area contributed by atoms with Crippen molar-refractivity contribution in [1.29, 1.82) is 0 Å². The summed E-state index contributed by atoms with van der Waals surface area (Å²) in [4.78, 5) is 0. The topological polar surface area (TPSA) is 0 Å². The van der Waals surface area contributed by atoms with E-state index in [1.54, 1.807) is 12.8 Å². The van der Waals surface area contributed by atoms with Crippen molar-refractivity contribution >= 4 is 0 Å². The van der Waals surface area contributed by atoms with Crippen LogP contribution in [-0.2, 0) is 0 Å². The van der Waals surface area contributed by atoms with Crippen LogP contribution in [0.3, 0.4) is 0 Å². The first-order valence-corrected chi connectivity index (χ1v) is 12.6. The lowest BCUT2D eigenvalue weighted by Crippen LogP contribution is -2.65. The second-order valence-electron chi connectivity index (χ2n) is 13.6. The highest BCUT2D eigenvalue weighted by Gasteiger charge is 2.69. The van der Waals surface area contributed by atoms with Crippen molar-refractivity contribution in [2.75, 3.05) is 0 Å². The number of fused-ring (bicyclic) bond motifs is 7. The fourth-order valence-electron chi connectivity index (χ4n) is 11.2. The average Bonchev–Trinajstić information content (AvgIpc) is 2.96. The highest BCUT2D eigenvalue weighted by Crippen LogP contribution is 2.77. The Morgan fingerprint density at radius 3 is 1.78 bits per heavy atom. The summed E-state index contributed by atoms with van der Waals surface area (Å²) in [6.07, 6.45) is 18.3. The lowest BCUT2D eigenvalue weighted by molar-refractivity contribution is -0.239. The largest absolute Gasteiger partial charge is 0.0596 e. The molecule has 0 nitrogen and oxygen atoms in total. The van der Waals surface area contributed by atoms with Gasteiger partial charge in [-0.3, -0.25) is 0 Å². The van der Waals surface area contributed by atoms with E-state index in [4.69, 9.17) is 0 Å². The van der Waals surface area contributed by atoms with Crippen LogP contribution in [0.1, 0.15) is 119 Å². The first kappa shape index (κ1) is 19.0. The second kappa shape index (κ2) is 5.57. The summed E-state index contributed by atoms with van der Waals surface area (Å²) in [5.41, 5.74) is 3.04. The van der Waals surface area contributed by atoms with Crippen molar-refractivity contribution in [2.45, 2.75) is 119 Å². The van der Waals surface area contributed by atoms with E-state index in [0.29, 0.717) is 27.1 Å². The zero-order valence-corrected chi connectivity index (χ0v) is 19.3. The van der Waals surface area contributed by atoms with E-state index in [1.165, 1.54) is 64.2 Å². The molecule has 5 fully saturated rings. The fourth-order valence-corrected chi connectivity index (χ4v) is 11.2. The summed E-state index contributed by atoms with van der Waals surface area (Å²) in [5, 5.41) is 0. The molecule has 0 N–H and O–H groups in total. The van der Waals surface area contributed by atoms with Crippen molar-refractivity contribution in [2.24, 2.45) is 50.7 Å². The lowest BCUT2D eigenvalue weighted by atomic mass is 9.32. The Balaban J connectivity index is 1.56. The monoisotopic (exact) mass is 370 g/mol. The first-order valence-electron chi connectivity index (χ1n) is 12.6. The SMILES string of the molecule is CC1(C)CCC[C@@]2(C)C1CC[C@]1(C)[C@@H]2CCC2[C@@]3(C)CCC[C@@H]3CC[C@]21C. The Morgan fingerprint density at radius 2 is 1.07 bits per heavy atom. The first-order chi connectivity index (χ1) is 12.6. The van der Waals surface area contributed by atoms with Gasteiger partial charge in [-0.1, -0.05) is 54.4 Å². The Bertz CT molecular complexity index is 618. The van der Waals surface area contributed by atoms with Gasteiger partial charge in [0.2, 0.25) is 0 Å². The number of hydrogen-bond donors (Lipinski definition) is 0. The predicted octanol–water partition coefficient (Wildman–Crippen LogP) is 8.25. The van der Waals surface area contributed by atoms with Gasteiger partial charge in [0.15, 0.2) is 0 Å². The van der Waals surface area contributed by atoms with E-state index >= 15 is 0 Å². The molecule has 5 rings (SSSR count). The zero-order chi connectivity index (χ0) is 19.3. The van der Waals surface area contributed by atoms with Crippen LogP contribution < -0.4 is 0 Å². The summed E-state index contributed by atoms with van der Waals surface area (Å²) in [7, 11) is 0. The highest BCUT2D eigenvalue weighted by molar-refractivity contribution is 5.18. The summed E-state index contributed by atoms with van der Waals surface area (Å²) >= 11 is 0. The maximum absolute atomic E-state index is 2.80. The minimum Gasteiger partial charge on any atom is -0.0596 e. The molecule has 0 aliphatic heterocycles. The van der Waals surface area contributed by atoms with Gasteiger partial charge in [0, 0.05) is 0 Å². The Kier molecular flexibility index (Phi) is 3.92. The Hall–Kier alpha value is 0. The average molecular weight is 371 g/mol. The van der Waals surface area contributed by atoms with E-state index < -0.39 is 0 Å². The van der Waals surface area contributed by atoms with E-state index in [-0.39, 0.29) is 0 Å². The van der Waals surface area contributed by atoms with Gasteiger partial charge in [-0.15, -0.1) is 0 Å². The van der Waals surface area contributed by atoms with Crippen LogP contribution in [0.5, 0.6) is 0 Å². The number of hydrogen-bond acceptors (Lipinski definition) is 0. The molecule has 2 unspecified atom stereocenters. The minimum absolute atomic E-state index is 0.571. The van der Waals surface area contributed by atoms with Crippen LogP contribution in [0.25, 0.3) is 0 Å². The molecule has 0 saturated heterocycles. The van der Waals surface area contributed by atoms with Crippen molar-refractivity contribution < 1.29 is 0 Å². The lowest BCUT2D eigenvalue weighted by Gasteiger charge is -2.73. The molecule has 0 aromatic heterocycles. The molecule has 5 aliphatic carbocycles. The molecule has 0 heterocycles. The van der Waals surface area contributed by atoms with Crippen LogP contribution in [0.2, 0.25) is 0 Å². The van der Waals surface area contributed by atoms with Crippen LogP contribution in [0.15, 0.2) is 0 Å². The molecule has 5 saturated carbocycles. The smallest absolute Gasteiger partial charge is 0.0235 e. The van der Waals surface area contributed by atoms with Crippen LogP contribution in [0.4, 0.5) is 0 Å². The molecule has 0 spiro atoms. The zero-order valence-electron chi connectivity index (χ0n) is 19.3. The van der Waals surface area contributed by atoms with Crippen molar-refractivity contribution in [3.63, 3.8) is 0 Å². The molecular formula is C27H46. The highest BCUT2D eigenvalue weighted by atomic mass is 14.7. The van der Waals surface area contributed by atoms with Gasteiger partial charge in [-0.05, 0) is 115 Å². The summed E-state index contributed by atoms with van der Waals surface area (Å²) in [6.45, 7) is 16.3. The maximum atomic E-state index is 2.80. The molecule has 0 aromatic carbocycles. The standard InChI is InChI=1S/C27H46/c1-23(2)14-8-16-25(4)20(23)13-18-27(6)22(25)11-10-21-24(3)15-7-9-19(24)12-17-26(21,27)5/h19-22H,7-18H2,1-6H3/t19-,20?,21?,22-,24+,25+,26-,27-/m1/s1. The summed E-state index contributed by atoms with van der Waals surface area (Å²) in [5.74, 6) is 4.00. The predicted molar refractivity (Wildman–Crippen MR) is 116 cm³/mol. The molecule has 0 aromatic rings. The van der Waals surface area contributed by atoms with Gasteiger partial charge in [0.25, 0.3) is 0 Å². The van der Waals surface area contributed by atoms with Crippen LogP contribution in [-0.4, -0.2) is 0 Å². The maximum Gasteiger partial charge on any atom is -0.0235 e. The Morgan fingerprint density at radius 1 is 0.481 bits per heavy atom. The summed E-state index contributed by atoms with van der Waals surface area (Å²) in [6, 6.07) is 0. The summed E-state index contributed by atoms with van der Waals surface area (Å²) < 4.78 is 0. The normalized spacial score (nSPS) is 59.3. The molecule has 5 aliphatic rings. The van der Waals surface area contributed by atoms with Crippen LogP contribution in [0, 0.1) is 50.7 Å². The Labute approximate surface area is 169 Å². The van der Waals surface area contributed by atoms with Crippen molar-refractivity contribution in [3.8, 4) is 0 Å². The van der Waals surface area contributed by atoms with E-state index in [9.17, 15) is 0 Å². The van der Waals surface area contributed by atoms with Gasteiger partial charge < -0.3 is 0 Å². The molecule has 154 valence electrons. The molecule has 0 bridgehead atoms. The van der Waals surface area contributed by atoms with Gasteiger partial charge in [0.05, 0.1) is 0 Å². The molecule has 0 radical (unpaired) electrons. The quantitative estimate of drug-likeness (QED) is 0.402. The third-order valence-electron chi connectivity index (χ3n) is 12.6. The minimum atomic E-state index is 0.571. The van der Waals surface area contributed by atoms with Gasteiger partial charge in [-0.2, -0.15) is 0 Å². The van der Waals surface area contributed by atoms with E-state index in [2.05, 4.69) is 41.5 Å². The van der Waals surface area contributed by atoms with Crippen LogP contribution >= 0.6 is 0 Å². The number of rotatable bonds is 0. The molecule has 27 heavy (non-hydrogen) atoms. The molecular weight excluding hydrogens is 324 g/mol. The van der Waals surface area contributed by atoms with E-state index in [1.807, 2.05) is 0 Å². The second-order valence-corrected chi connectivity index (χ2v) is 13.6. The van der Waals surface area contributed by atoms with Gasteiger partial charge in [0.1, 0.15) is 0 Å². The van der Waals surface area contributed by atoms with E-state index in [0.717, 1.165) is 23.7 Å². The molecule has 8 atom stereocenters. The molecule has 0 amide bonds. The van der Waals surface area contributed by atoms with Gasteiger partial charge >= 0.3 is 0 Å². The third kappa shape index (κ3) is 2.17.